The Balaban J connectivity index is 2.09. The number of hydrogen-bond acceptors (Lipinski definition) is 3. The van der Waals surface area contributed by atoms with E-state index in [2.05, 4.69) is 55.3 Å². The van der Waals surface area contributed by atoms with Gasteiger partial charge in [-0.05, 0) is 44.6 Å². The molecule has 0 saturated heterocycles. The Hall–Kier alpha value is -2.07. The maximum absolute atomic E-state index is 12.8. The van der Waals surface area contributed by atoms with Crippen LogP contribution in [0.15, 0.2) is 47.1 Å². The van der Waals surface area contributed by atoms with Crippen LogP contribution in [0.3, 0.4) is 0 Å². The zero-order valence-corrected chi connectivity index (χ0v) is 15.2. The smallest absolute Gasteiger partial charge is 0.227 e. The Morgan fingerprint density at radius 3 is 2.33 bits per heavy atom. The Kier molecular flexibility index (Phi) is 6.21. The number of hydrogen-bond donors (Lipinski definition) is 1. The number of carbonyl (C=O) groups excluding carboxylic acids is 1. The van der Waals surface area contributed by atoms with E-state index in [0.717, 1.165) is 11.3 Å². The van der Waals surface area contributed by atoms with E-state index in [4.69, 9.17) is 4.42 Å². The van der Waals surface area contributed by atoms with Gasteiger partial charge < -0.3 is 9.73 Å². The fourth-order valence-electron chi connectivity index (χ4n) is 2.94. The summed E-state index contributed by atoms with van der Waals surface area (Å²) in [6.07, 6.45) is 1.66. The number of amides is 1. The average molecular weight is 328 g/mol. The lowest BCUT2D eigenvalue weighted by atomic mass is 9.87. The van der Waals surface area contributed by atoms with Gasteiger partial charge in [0.1, 0.15) is 5.76 Å². The Labute approximate surface area is 144 Å². The Morgan fingerprint density at radius 1 is 1.17 bits per heavy atom. The van der Waals surface area contributed by atoms with Gasteiger partial charge in [-0.15, -0.1) is 0 Å². The van der Waals surface area contributed by atoms with Crippen molar-refractivity contribution in [1.29, 1.82) is 0 Å². The van der Waals surface area contributed by atoms with Crippen LogP contribution in [0, 0.1) is 12.8 Å². The van der Waals surface area contributed by atoms with Crippen LogP contribution in [0.4, 0.5) is 0 Å². The second kappa shape index (κ2) is 8.15. The third-order valence-electron chi connectivity index (χ3n) is 4.35. The zero-order chi connectivity index (χ0) is 17.7. The minimum Gasteiger partial charge on any atom is -0.468 e. The maximum Gasteiger partial charge on any atom is 0.227 e. The lowest BCUT2D eigenvalue weighted by molar-refractivity contribution is -0.123. The molecule has 4 heteroatoms. The molecule has 2 rings (SSSR count). The van der Waals surface area contributed by atoms with Gasteiger partial charge in [0.25, 0.3) is 0 Å². The van der Waals surface area contributed by atoms with Crippen molar-refractivity contribution in [3.63, 3.8) is 0 Å². The summed E-state index contributed by atoms with van der Waals surface area (Å²) in [5.74, 6) is 1.00. The molecule has 130 valence electrons. The number of nitrogens with zero attached hydrogens (tertiary/aromatic N) is 1. The summed E-state index contributed by atoms with van der Waals surface area (Å²) in [7, 11) is 3.97. The summed E-state index contributed by atoms with van der Waals surface area (Å²) >= 11 is 0. The first-order chi connectivity index (χ1) is 11.4. The van der Waals surface area contributed by atoms with Gasteiger partial charge in [-0.2, -0.15) is 0 Å². The first kappa shape index (κ1) is 18.3. The monoisotopic (exact) mass is 328 g/mol. The standard InChI is InChI=1S/C20H28N2O2/c1-14(2)19(16-10-8-15(3)9-11-16)20(23)21-13-17(22(4)5)18-7-6-12-24-18/h6-12,14,17,19H,13H2,1-5H3,(H,21,23). The number of carbonyl (C=O) groups is 1. The minimum atomic E-state index is -0.148. The van der Waals surface area contributed by atoms with Gasteiger partial charge in [-0.1, -0.05) is 43.7 Å². The van der Waals surface area contributed by atoms with E-state index < -0.39 is 0 Å². The van der Waals surface area contributed by atoms with Crippen LogP contribution in [0.2, 0.25) is 0 Å². The number of benzene rings is 1. The van der Waals surface area contributed by atoms with Gasteiger partial charge in [0.2, 0.25) is 5.91 Å². The molecule has 1 amide bonds. The van der Waals surface area contributed by atoms with E-state index in [1.807, 2.05) is 26.2 Å². The highest BCUT2D eigenvalue weighted by molar-refractivity contribution is 5.84. The van der Waals surface area contributed by atoms with Crippen molar-refractivity contribution in [3.05, 3.63) is 59.5 Å². The normalized spacial score (nSPS) is 14.0. The van der Waals surface area contributed by atoms with Crippen molar-refractivity contribution >= 4 is 5.91 Å². The number of rotatable bonds is 7. The Morgan fingerprint density at radius 2 is 1.83 bits per heavy atom. The molecule has 1 heterocycles. The van der Waals surface area contributed by atoms with E-state index in [1.54, 1.807) is 6.26 Å². The van der Waals surface area contributed by atoms with Gasteiger partial charge in [-0.3, -0.25) is 9.69 Å². The highest BCUT2D eigenvalue weighted by Gasteiger charge is 2.26. The molecule has 0 aliphatic heterocycles. The molecule has 1 aromatic heterocycles. The van der Waals surface area contributed by atoms with Crippen LogP contribution in [-0.2, 0) is 4.79 Å². The maximum atomic E-state index is 12.8. The highest BCUT2D eigenvalue weighted by Crippen LogP contribution is 2.25. The third-order valence-corrected chi connectivity index (χ3v) is 4.35. The quantitative estimate of drug-likeness (QED) is 0.842. The summed E-state index contributed by atoms with van der Waals surface area (Å²) < 4.78 is 5.50. The van der Waals surface area contributed by atoms with Gasteiger partial charge in [0.05, 0.1) is 18.2 Å². The van der Waals surface area contributed by atoms with Crippen molar-refractivity contribution in [2.45, 2.75) is 32.7 Å². The van der Waals surface area contributed by atoms with E-state index in [0.29, 0.717) is 6.54 Å². The van der Waals surface area contributed by atoms with Crippen LogP contribution in [0.1, 0.15) is 42.7 Å². The van der Waals surface area contributed by atoms with Gasteiger partial charge >= 0.3 is 0 Å². The SMILES string of the molecule is Cc1ccc(C(C(=O)NCC(c2ccco2)N(C)C)C(C)C)cc1. The van der Waals surface area contributed by atoms with Crippen molar-refractivity contribution in [3.8, 4) is 0 Å². The van der Waals surface area contributed by atoms with Crippen molar-refractivity contribution in [1.82, 2.24) is 10.2 Å². The second-order valence-corrected chi connectivity index (χ2v) is 6.87. The molecule has 0 bridgehead atoms. The van der Waals surface area contributed by atoms with E-state index in [-0.39, 0.29) is 23.8 Å². The molecule has 4 nitrogen and oxygen atoms in total. The molecule has 2 atom stereocenters. The molecule has 1 N–H and O–H groups in total. The third kappa shape index (κ3) is 4.48. The lowest BCUT2D eigenvalue weighted by Gasteiger charge is -2.25. The fourth-order valence-corrected chi connectivity index (χ4v) is 2.94. The predicted molar refractivity (Wildman–Crippen MR) is 96.9 cm³/mol. The molecule has 2 aromatic rings. The van der Waals surface area contributed by atoms with Gasteiger partial charge in [0, 0.05) is 6.54 Å². The van der Waals surface area contributed by atoms with Crippen molar-refractivity contribution < 1.29 is 9.21 Å². The molecule has 0 spiro atoms. The van der Waals surface area contributed by atoms with Gasteiger partial charge in [0.15, 0.2) is 0 Å². The van der Waals surface area contributed by atoms with E-state index >= 15 is 0 Å². The second-order valence-electron chi connectivity index (χ2n) is 6.87. The molecular weight excluding hydrogens is 300 g/mol. The van der Waals surface area contributed by atoms with Crippen molar-refractivity contribution in [2.24, 2.45) is 5.92 Å². The molecule has 0 aliphatic carbocycles. The highest BCUT2D eigenvalue weighted by atomic mass is 16.3. The molecule has 2 unspecified atom stereocenters. The number of nitrogens with one attached hydrogen (secondary N) is 1. The van der Waals surface area contributed by atoms with Crippen LogP contribution in [0.5, 0.6) is 0 Å². The average Bonchev–Trinajstić information content (AvgIpc) is 3.03. The summed E-state index contributed by atoms with van der Waals surface area (Å²) in [5, 5.41) is 3.11. The molecule has 0 saturated carbocycles. The molecule has 1 aromatic carbocycles. The summed E-state index contributed by atoms with van der Waals surface area (Å²) in [6.45, 7) is 6.74. The van der Waals surface area contributed by atoms with Crippen LogP contribution in [-0.4, -0.2) is 31.4 Å². The number of aryl methyl sites for hydroxylation is 1. The van der Waals surface area contributed by atoms with E-state index in [9.17, 15) is 4.79 Å². The zero-order valence-electron chi connectivity index (χ0n) is 15.2. The molecule has 24 heavy (non-hydrogen) atoms. The molecule has 0 fully saturated rings. The lowest BCUT2D eigenvalue weighted by Crippen LogP contribution is -2.38. The topological polar surface area (TPSA) is 45.5 Å². The molecule has 0 radical (unpaired) electrons. The van der Waals surface area contributed by atoms with Crippen LogP contribution in [0.25, 0.3) is 0 Å². The number of furan rings is 1. The van der Waals surface area contributed by atoms with Gasteiger partial charge in [-0.25, -0.2) is 0 Å². The summed E-state index contributed by atoms with van der Waals surface area (Å²) in [5.41, 5.74) is 2.26. The number of likely N-dealkylation sites (N-methyl/N-ethyl adjacent to an activating group) is 1. The molecular formula is C20H28N2O2. The summed E-state index contributed by atoms with van der Waals surface area (Å²) in [4.78, 5) is 14.9. The van der Waals surface area contributed by atoms with E-state index in [1.165, 1.54) is 5.56 Å². The molecule has 0 aliphatic rings. The van der Waals surface area contributed by atoms with Crippen molar-refractivity contribution in [2.75, 3.05) is 20.6 Å². The van der Waals surface area contributed by atoms with Crippen LogP contribution >= 0.6 is 0 Å². The fraction of sp³-hybridized carbons (Fsp3) is 0.450. The first-order valence-electron chi connectivity index (χ1n) is 8.44. The summed E-state index contributed by atoms with van der Waals surface area (Å²) in [6, 6.07) is 12.1. The predicted octanol–water partition coefficient (Wildman–Crippen LogP) is 3.75. The minimum absolute atomic E-state index is 0.0229. The van der Waals surface area contributed by atoms with Crippen LogP contribution < -0.4 is 5.32 Å². The largest absolute Gasteiger partial charge is 0.468 e. The first-order valence-corrected chi connectivity index (χ1v) is 8.44. The Bertz CT molecular complexity index is 630.